The van der Waals surface area contributed by atoms with Crippen LogP contribution in [-0.2, 0) is 9.31 Å². The molecule has 0 heterocycles. The topological polar surface area (TPSA) is 44.5 Å². The van der Waals surface area contributed by atoms with Gasteiger partial charge in [-0.25, -0.2) is 0 Å². The highest BCUT2D eigenvalue weighted by molar-refractivity contribution is 6.17. The fourth-order valence-corrected chi connectivity index (χ4v) is 0.206. The molecule has 0 spiro atoms. The van der Waals surface area contributed by atoms with Gasteiger partial charge in [-0.1, -0.05) is 0 Å². The molecule has 0 aliphatic carbocycles. The van der Waals surface area contributed by atoms with Gasteiger partial charge in [-0.05, 0) is 6.92 Å². The van der Waals surface area contributed by atoms with Crippen molar-refractivity contribution in [3.05, 3.63) is 0 Å². The van der Waals surface area contributed by atoms with Crippen LogP contribution in [0.25, 0.3) is 0 Å². The summed E-state index contributed by atoms with van der Waals surface area (Å²) in [5.74, 6) is 0. The van der Waals surface area contributed by atoms with E-state index in [-0.39, 0.29) is 6.10 Å². The quantitative estimate of drug-likeness (QED) is 0.505. The maximum atomic E-state index is 5.21. The molecular weight excluding hydrogens is 105 g/mol. The lowest BCUT2D eigenvalue weighted by molar-refractivity contribution is 0.192. The monoisotopic (exact) mass is 116 g/mol. The zero-order valence-electron chi connectivity index (χ0n) is 5.26. The Labute approximate surface area is 50.5 Å². The lowest BCUT2D eigenvalue weighted by atomic mass is 10.3. The summed E-state index contributed by atoms with van der Waals surface area (Å²) in [6, 6.07) is 0. The van der Waals surface area contributed by atoms with Crippen LogP contribution in [0.1, 0.15) is 6.92 Å². The molecule has 2 N–H and O–H groups in total. The van der Waals surface area contributed by atoms with Gasteiger partial charge in [0.15, 0.2) is 0 Å². The fourth-order valence-electron chi connectivity index (χ4n) is 0.206. The minimum atomic E-state index is 0.0509. The molecule has 0 amide bonds. The van der Waals surface area contributed by atoms with E-state index in [4.69, 9.17) is 10.4 Å². The molecule has 1 unspecified atom stereocenters. The molecular formula is C4H11BNO2. The highest BCUT2D eigenvalue weighted by atomic mass is 16.6. The van der Waals surface area contributed by atoms with Crippen molar-refractivity contribution in [3.63, 3.8) is 0 Å². The Bertz CT molecular complexity index is 53.3. The Morgan fingerprint density at radius 1 is 1.75 bits per heavy atom. The molecule has 3 nitrogen and oxygen atoms in total. The molecule has 0 rings (SSSR count). The van der Waals surface area contributed by atoms with Crippen LogP contribution in [0.4, 0.5) is 0 Å². The van der Waals surface area contributed by atoms with Gasteiger partial charge in [-0.3, -0.25) is 0 Å². The summed E-state index contributed by atoms with van der Waals surface area (Å²) >= 11 is 0. The van der Waals surface area contributed by atoms with Gasteiger partial charge in [0.05, 0.1) is 6.10 Å². The fraction of sp³-hybridized carbons (Fsp3) is 1.00. The minimum Gasteiger partial charge on any atom is -0.416 e. The predicted octanol–water partition coefficient (Wildman–Crippen LogP) is -0.469. The van der Waals surface area contributed by atoms with E-state index < -0.39 is 0 Å². The number of rotatable bonds is 4. The van der Waals surface area contributed by atoms with Crippen LogP contribution < -0.4 is 5.73 Å². The first-order valence-electron chi connectivity index (χ1n) is 2.51. The van der Waals surface area contributed by atoms with Gasteiger partial charge in [0.25, 0.3) is 0 Å². The van der Waals surface area contributed by atoms with E-state index in [2.05, 4.69) is 4.65 Å². The average molecular weight is 116 g/mol. The van der Waals surface area contributed by atoms with E-state index in [9.17, 15) is 0 Å². The lowest BCUT2D eigenvalue weighted by Crippen LogP contribution is -2.22. The first-order valence-corrected chi connectivity index (χ1v) is 2.51. The Balaban J connectivity index is 2.86. The van der Waals surface area contributed by atoms with Crippen molar-refractivity contribution in [2.75, 3.05) is 13.7 Å². The molecule has 0 aliphatic heterocycles. The van der Waals surface area contributed by atoms with Crippen molar-refractivity contribution < 1.29 is 9.31 Å². The highest BCUT2D eigenvalue weighted by Crippen LogP contribution is 1.82. The second-order valence-electron chi connectivity index (χ2n) is 1.51. The maximum absolute atomic E-state index is 5.21. The summed E-state index contributed by atoms with van der Waals surface area (Å²) in [5, 5.41) is 0. The molecule has 47 valence electrons. The van der Waals surface area contributed by atoms with E-state index in [0.29, 0.717) is 6.54 Å². The number of hydrogen-bond acceptors (Lipinski definition) is 3. The second kappa shape index (κ2) is 5.09. The van der Waals surface area contributed by atoms with Crippen molar-refractivity contribution in [2.24, 2.45) is 5.73 Å². The summed E-state index contributed by atoms with van der Waals surface area (Å²) in [5.41, 5.74) is 5.21. The summed E-state index contributed by atoms with van der Waals surface area (Å²) in [7, 11) is 2.81. The maximum Gasteiger partial charge on any atom is 0.488 e. The summed E-state index contributed by atoms with van der Waals surface area (Å²) < 4.78 is 9.38. The molecule has 0 bridgehead atoms. The Kier molecular flexibility index (Phi) is 5.05. The summed E-state index contributed by atoms with van der Waals surface area (Å²) in [6.45, 7) is 2.38. The molecule has 4 heteroatoms. The smallest absolute Gasteiger partial charge is 0.416 e. The zero-order chi connectivity index (χ0) is 6.41. The number of nitrogens with two attached hydrogens (primary N) is 1. The molecule has 0 fully saturated rings. The van der Waals surface area contributed by atoms with Crippen LogP contribution in [0.2, 0.25) is 0 Å². The van der Waals surface area contributed by atoms with Gasteiger partial charge in [0.2, 0.25) is 0 Å². The predicted molar refractivity (Wildman–Crippen MR) is 32.4 cm³/mol. The van der Waals surface area contributed by atoms with Crippen LogP contribution in [-0.4, -0.2) is 27.4 Å². The summed E-state index contributed by atoms with van der Waals surface area (Å²) in [6.07, 6.45) is 0.0509. The summed E-state index contributed by atoms with van der Waals surface area (Å²) in [4.78, 5) is 0. The molecule has 0 aromatic carbocycles. The molecule has 1 radical (unpaired) electrons. The van der Waals surface area contributed by atoms with Crippen molar-refractivity contribution in [3.8, 4) is 0 Å². The van der Waals surface area contributed by atoms with E-state index in [1.807, 2.05) is 6.92 Å². The van der Waals surface area contributed by atoms with E-state index in [1.54, 1.807) is 0 Å². The molecule has 0 saturated heterocycles. The molecule has 0 aliphatic rings. The molecule has 1 atom stereocenters. The normalized spacial score (nSPS) is 13.4. The number of hydrogen-bond donors (Lipinski definition) is 1. The van der Waals surface area contributed by atoms with E-state index >= 15 is 0 Å². The SMILES string of the molecule is CO[B]OC(C)CN. The van der Waals surface area contributed by atoms with Gasteiger partial charge in [-0.15, -0.1) is 0 Å². The van der Waals surface area contributed by atoms with Crippen LogP contribution in [0.15, 0.2) is 0 Å². The average Bonchev–Trinajstić information content (AvgIpc) is 1.83. The van der Waals surface area contributed by atoms with Gasteiger partial charge in [-0.2, -0.15) is 0 Å². The second-order valence-corrected chi connectivity index (χ2v) is 1.51. The van der Waals surface area contributed by atoms with E-state index in [0.717, 1.165) is 0 Å². The third-order valence-electron chi connectivity index (χ3n) is 0.716. The van der Waals surface area contributed by atoms with Gasteiger partial charge in [0, 0.05) is 13.7 Å². The Hall–Kier alpha value is -0.0551. The van der Waals surface area contributed by atoms with Crippen molar-refractivity contribution in [1.29, 1.82) is 0 Å². The molecule has 0 aromatic heterocycles. The first kappa shape index (κ1) is 7.94. The minimum absolute atomic E-state index is 0.0509. The van der Waals surface area contributed by atoms with Gasteiger partial charge < -0.3 is 15.0 Å². The Morgan fingerprint density at radius 2 is 2.38 bits per heavy atom. The Morgan fingerprint density at radius 3 is 2.75 bits per heavy atom. The van der Waals surface area contributed by atoms with Crippen molar-refractivity contribution in [2.45, 2.75) is 13.0 Å². The van der Waals surface area contributed by atoms with Crippen LogP contribution in [0.3, 0.4) is 0 Å². The van der Waals surface area contributed by atoms with Crippen LogP contribution in [0.5, 0.6) is 0 Å². The standard InChI is InChI=1S/C4H11BNO2/c1-4(3-6)8-5-7-2/h4H,3,6H2,1-2H3. The third kappa shape index (κ3) is 4.11. The van der Waals surface area contributed by atoms with Crippen LogP contribution in [0, 0.1) is 0 Å². The molecule has 8 heavy (non-hydrogen) atoms. The van der Waals surface area contributed by atoms with E-state index in [1.165, 1.54) is 14.8 Å². The first-order chi connectivity index (χ1) is 3.81. The van der Waals surface area contributed by atoms with Crippen molar-refractivity contribution >= 4 is 7.69 Å². The van der Waals surface area contributed by atoms with Crippen molar-refractivity contribution in [1.82, 2.24) is 0 Å². The molecule has 0 aromatic rings. The zero-order valence-corrected chi connectivity index (χ0v) is 5.26. The largest absolute Gasteiger partial charge is 0.488 e. The lowest BCUT2D eigenvalue weighted by Gasteiger charge is -2.06. The highest BCUT2D eigenvalue weighted by Gasteiger charge is 1.97. The van der Waals surface area contributed by atoms with Gasteiger partial charge >= 0.3 is 7.69 Å². The van der Waals surface area contributed by atoms with Crippen LogP contribution >= 0.6 is 0 Å². The van der Waals surface area contributed by atoms with Gasteiger partial charge in [0.1, 0.15) is 0 Å². The third-order valence-corrected chi connectivity index (χ3v) is 0.716. The molecule has 0 saturated carbocycles.